The third-order valence-electron chi connectivity index (χ3n) is 3.10. The summed E-state index contributed by atoms with van der Waals surface area (Å²) in [4.78, 5) is 11.6. The van der Waals surface area contributed by atoms with E-state index in [0.717, 1.165) is 16.9 Å². The van der Waals surface area contributed by atoms with E-state index in [1.807, 2.05) is 54.6 Å². The van der Waals surface area contributed by atoms with Gasteiger partial charge in [-0.3, -0.25) is 4.79 Å². The average molecular weight is 300 g/mol. The molecule has 2 aromatic carbocycles. The van der Waals surface area contributed by atoms with Gasteiger partial charge in [-0.15, -0.1) is 0 Å². The summed E-state index contributed by atoms with van der Waals surface area (Å²) in [6.07, 6.45) is 0.247. The van der Waals surface area contributed by atoms with Gasteiger partial charge in [0.05, 0.1) is 26.7 Å². The Morgan fingerprint density at radius 2 is 1.73 bits per heavy atom. The van der Waals surface area contributed by atoms with E-state index in [1.54, 1.807) is 7.11 Å². The quantitative estimate of drug-likeness (QED) is 0.554. The number of ether oxygens (including phenoxy) is 3. The second-order valence-electron chi connectivity index (χ2n) is 4.80. The maximum atomic E-state index is 11.6. The molecule has 0 aliphatic heterocycles. The van der Waals surface area contributed by atoms with Crippen molar-refractivity contribution < 1.29 is 19.0 Å². The number of benzene rings is 2. The van der Waals surface area contributed by atoms with Crippen LogP contribution in [0.1, 0.15) is 17.5 Å². The van der Waals surface area contributed by atoms with Gasteiger partial charge in [0.2, 0.25) is 0 Å². The van der Waals surface area contributed by atoms with Crippen molar-refractivity contribution in [2.24, 2.45) is 0 Å². The second-order valence-corrected chi connectivity index (χ2v) is 4.80. The molecule has 0 saturated heterocycles. The van der Waals surface area contributed by atoms with Gasteiger partial charge in [-0.1, -0.05) is 42.5 Å². The minimum atomic E-state index is -0.268. The second kappa shape index (κ2) is 8.85. The summed E-state index contributed by atoms with van der Waals surface area (Å²) in [5, 5.41) is 0. The topological polar surface area (TPSA) is 44.8 Å². The van der Waals surface area contributed by atoms with Gasteiger partial charge in [-0.25, -0.2) is 0 Å². The first-order valence-corrected chi connectivity index (χ1v) is 7.18. The molecule has 0 unspecified atom stereocenters. The minimum Gasteiger partial charge on any atom is -0.497 e. The molecular formula is C18H20O4. The van der Waals surface area contributed by atoms with Crippen LogP contribution in [-0.4, -0.2) is 19.7 Å². The maximum Gasteiger partial charge on any atom is 0.308 e. The molecule has 0 aliphatic rings. The molecule has 0 saturated carbocycles. The summed E-state index contributed by atoms with van der Waals surface area (Å²) in [6.45, 7) is 1.10. The molecule has 2 rings (SSSR count). The molecule has 0 fully saturated rings. The number of carbonyl (C=O) groups excluding carboxylic acids is 1. The van der Waals surface area contributed by atoms with Crippen LogP contribution in [0, 0.1) is 0 Å². The van der Waals surface area contributed by atoms with E-state index in [-0.39, 0.29) is 19.0 Å². The average Bonchev–Trinajstić information content (AvgIpc) is 2.58. The van der Waals surface area contributed by atoms with E-state index in [1.165, 1.54) is 0 Å². The van der Waals surface area contributed by atoms with E-state index in [2.05, 4.69) is 0 Å². The highest BCUT2D eigenvalue weighted by Gasteiger charge is 2.04. The third-order valence-corrected chi connectivity index (χ3v) is 3.10. The number of carbonyl (C=O) groups is 1. The number of hydrogen-bond acceptors (Lipinski definition) is 4. The number of methoxy groups -OCH3 is 1. The van der Waals surface area contributed by atoms with E-state index >= 15 is 0 Å². The molecule has 0 radical (unpaired) electrons. The normalized spacial score (nSPS) is 10.2. The molecule has 0 aliphatic carbocycles. The number of rotatable bonds is 8. The molecule has 4 nitrogen and oxygen atoms in total. The van der Waals surface area contributed by atoms with Crippen molar-refractivity contribution in [1.29, 1.82) is 0 Å². The van der Waals surface area contributed by atoms with Gasteiger partial charge in [-0.05, 0) is 23.3 Å². The monoisotopic (exact) mass is 300 g/mol. The molecule has 116 valence electrons. The van der Waals surface area contributed by atoms with Crippen molar-refractivity contribution in [2.75, 3.05) is 13.7 Å². The van der Waals surface area contributed by atoms with Crippen LogP contribution in [0.4, 0.5) is 0 Å². The standard InChI is InChI=1S/C18H20O4/c1-20-17-9-5-8-16(12-17)14-22-18(19)10-11-21-13-15-6-3-2-4-7-15/h2-9,12H,10-11,13-14H2,1H3. The Morgan fingerprint density at radius 1 is 0.955 bits per heavy atom. The fraction of sp³-hybridized carbons (Fsp3) is 0.278. The Balaban J connectivity index is 1.63. The van der Waals surface area contributed by atoms with Crippen LogP contribution < -0.4 is 4.74 Å². The predicted octanol–water partition coefficient (Wildman–Crippen LogP) is 3.35. The van der Waals surface area contributed by atoms with Gasteiger partial charge in [0, 0.05) is 0 Å². The Morgan fingerprint density at radius 3 is 2.50 bits per heavy atom. The van der Waals surface area contributed by atoms with Gasteiger partial charge in [0.25, 0.3) is 0 Å². The maximum absolute atomic E-state index is 11.6. The SMILES string of the molecule is COc1cccc(COC(=O)CCOCc2ccccc2)c1. The fourth-order valence-electron chi connectivity index (χ4n) is 1.92. The van der Waals surface area contributed by atoms with Crippen LogP contribution in [0.25, 0.3) is 0 Å². The smallest absolute Gasteiger partial charge is 0.308 e. The molecule has 0 aromatic heterocycles. The zero-order valence-electron chi connectivity index (χ0n) is 12.7. The van der Waals surface area contributed by atoms with Gasteiger partial charge < -0.3 is 14.2 Å². The summed E-state index contributed by atoms with van der Waals surface area (Å²) < 4.78 is 15.8. The zero-order chi connectivity index (χ0) is 15.6. The molecule has 0 spiro atoms. The van der Waals surface area contributed by atoms with Gasteiger partial charge in [-0.2, -0.15) is 0 Å². The lowest BCUT2D eigenvalue weighted by Gasteiger charge is -2.07. The van der Waals surface area contributed by atoms with Crippen LogP contribution in [0.2, 0.25) is 0 Å². The van der Waals surface area contributed by atoms with Crippen LogP contribution >= 0.6 is 0 Å². The molecule has 0 amide bonds. The zero-order valence-corrected chi connectivity index (χ0v) is 12.7. The fourth-order valence-corrected chi connectivity index (χ4v) is 1.92. The lowest BCUT2D eigenvalue weighted by atomic mass is 10.2. The van der Waals surface area contributed by atoms with Crippen molar-refractivity contribution in [3.63, 3.8) is 0 Å². The van der Waals surface area contributed by atoms with Crippen LogP contribution in [0.5, 0.6) is 5.75 Å². The highest BCUT2D eigenvalue weighted by Crippen LogP contribution is 2.13. The van der Waals surface area contributed by atoms with Crippen molar-refractivity contribution in [3.8, 4) is 5.75 Å². The van der Waals surface area contributed by atoms with E-state index in [4.69, 9.17) is 14.2 Å². The molecular weight excluding hydrogens is 280 g/mol. The molecule has 0 atom stereocenters. The Hall–Kier alpha value is -2.33. The van der Waals surface area contributed by atoms with Gasteiger partial charge in [0.1, 0.15) is 12.4 Å². The predicted molar refractivity (Wildman–Crippen MR) is 83.5 cm³/mol. The Bertz CT molecular complexity index is 581. The van der Waals surface area contributed by atoms with Crippen molar-refractivity contribution >= 4 is 5.97 Å². The molecule has 2 aromatic rings. The van der Waals surface area contributed by atoms with Crippen molar-refractivity contribution in [2.45, 2.75) is 19.6 Å². The summed E-state index contributed by atoms with van der Waals surface area (Å²) in [5.74, 6) is 0.482. The van der Waals surface area contributed by atoms with E-state index in [9.17, 15) is 4.79 Å². The molecule has 0 heterocycles. The minimum absolute atomic E-state index is 0.245. The number of esters is 1. The molecule has 4 heteroatoms. The summed E-state index contributed by atoms with van der Waals surface area (Å²) in [6, 6.07) is 17.3. The van der Waals surface area contributed by atoms with Gasteiger partial charge in [0.15, 0.2) is 0 Å². The van der Waals surface area contributed by atoms with Crippen molar-refractivity contribution in [3.05, 3.63) is 65.7 Å². The van der Waals surface area contributed by atoms with Crippen LogP contribution in [0.3, 0.4) is 0 Å². The Kier molecular flexibility index (Phi) is 6.45. The first kappa shape index (κ1) is 16.0. The van der Waals surface area contributed by atoms with Crippen LogP contribution in [-0.2, 0) is 27.5 Å². The highest BCUT2D eigenvalue weighted by atomic mass is 16.5. The largest absolute Gasteiger partial charge is 0.497 e. The molecule has 0 bridgehead atoms. The summed E-state index contributed by atoms with van der Waals surface area (Å²) >= 11 is 0. The van der Waals surface area contributed by atoms with Gasteiger partial charge >= 0.3 is 5.97 Å². The van der Waals surface area contributed by atoms with E-state index < -0.39 is 0 Å². The van der Waals surface area contributed by atoms with Crippen LogP contribution in [0.15, 0.2) is 54.6 Å². The van der Waals surface area contributed by atoms with E-state index in [0.29, 0.717) is 13.2 Å². The first-order chi connectivity index (χ1) is 10.8. The first-order valence-electron chi connectivity index (χ1n) is 7.18. The Labute approximate surface area is 130 Å². The third kappa shape index (κ3) is 5.58. The van der Waals surface area contributed by atoms with Crippen molar-refractivity contribution in [1.82, 2.24) is 0 Å². The number of hydrogen-bond donors (Lipinski definition) is 0. The molecule has 22 heavy (non-hydrogen) atoms. The highest BCUT2D eigenvalue weighted by molar-refractivity contribution is 5.69. The molecule has 0 N–H and O–H groups in total. The summed E-state index contributed by atoms with van der Waals surface area (Å²) in [5.41, 5.74) is 1.99. The lowest BCUT2D eigenvalue weighted by molar-refractivity contribution is -0.146. The summed E-state index contributed by atoms with van der Waals surface area (Å²) in [7, 11) is 1.61. The lowest BCUT2D eigenvalue weighted by Crippen LogP contribution is -2.08.